The summed E-state index contributed by atoms with van der Waals surface area (Å²) in [6, 6.07) is 15.0. The van der Waals surface area contributed by atoms with E-state index >= 15 is 0 Å². The number of fused-ring (bicyclic) bond motifs is 2. The molecule has 4 aromatic carbocycles. The summed E-state index contributed by atoms with van der Waals surface area (Å²) in [5.74, 6) is -0.0557. The first-order valence-electron chi connectivity index (χ1n) is 19.0. The van der Waals surface area contributed by atoms with Crippen molar-refractivity contribution >= 4 is 34.9 Å². The van der Waals surface area contributed by atoms with Gasteiger partial charge in [0.25, 0.3) is 0 Å². The van der Waals surface area contributed by atoms with Crippen molar-refractivity contribution < 1.29 is 36.6 Å². The summed E-state index contributed by atoms with van der Waals surface area (Å²) < 4.78 is 81.9. The van der Waals surface area contributed by atoms with Gasteiger partial charge in [-0.1, -0.05) is 105 Å². The Bertz CT molecular complexity index is 2030. The summed E-state index contributed by atoms with van der Waals surface area (Å²) in [6.45, 7) is 21.5. The molecule has 0 fully saturated rings. The van der Waals surface area contributed by atoms with Crippen molar-refractivity contribution in [1.82, 2.24) is 0 Å². The molecular formula is C45H52F6N2O2S2. The number of alkyl halides is 6. The quantitative estimate of drug-likeness (QED) is 0.133. The SMILES string of the molecule is CC(C)(C)CC(C)(C)c1cc(Cc2cc(C(C)(C)CC(C)(C)C)cc(C3Nc4cc(C(F)(F)F)ccc4S3)c2O)c(O)c(C2Nc3cc(C(F)(F)F)ccc3S2)c1. The largest absolute Gasteiger partial charge is 0.507 e. The van der Waals surface area contributed by atoms with Crippen LogP contribution in [0.1, 0.15) is 137 Å². The second kappa shape index (κ2) is 14.6. The van der Waals surface area contributed by atoms with Crippen LogP contribution in [-0.4, -0.2) is 10.2 Å². The number of phenols is 2. The molecule has 308 valence electrons. The molecule has 6 rings (SSSR count). The lowest BCUT2D eigenvalue weighted by molar-refractivity contribution is -0.138. The first kappa shape index (κ1) is 43.0. The van der Waals surface area contributed by atoms with E-state index < -0.39 is 34.2 Å². The zero-order chi connectivity index (χ0) is 42.3. The van der Waals surface area contributed by atoms with Crippen LogP contribution in [0.5, 0.6) is 11.5 Å². The Kier molecular flexibility index (Phi) is 11.0. The van der Waals surface area contributed by atoms with E-state index in [1.165, 1.54) is 35.7 Å². The predicted octanol–water partition coefficient (Wildman–Crippen LogP) is 14.6. The van der Waals surface area contributed by atoms with E-state index in [2.05, 4.69) is 79.9 Å². The molecule has 2 aliphatic heterocycles. The van der Waals surface area contributed by atoms with Gasteiger partial charge in [-0.3, -0.25) is 0 Å². The highest BCUT2D eigenvalue weighted by molar-refractivity contribution is 8.00. The normalized spacial score (nSPS) is 17.6. The maximum Gasteiger partial charge on any atom is 0.416 e. The molecule has 0 saturated carbocycles. The molecule has 0 aliphatic carbocycles. The highest BCUT2D eigenvalue weighted by Gasteiger charge is 2.38. The number of anilines is 2. The van der Waals surface area contributed by atoms with E-state index in [9.17, 15) is 36.6 Å². The van der Waals surface area contributed by atoms with Crippen LogP contribution in [0.3, 0.4) is 0 Å². The lowest BCUT2D eigenvalue weighted by Gasteiger charge is -2.35. The smallest absolute Gasteiger partial charge is 0.416 e. The first-order valence-corrected chi connectivity index (χ1v) is 20.8. The molecule has 2 aliphatic rings. The van der Waals surface area contributed by atoms with Crippen molar-refractivity contribution in [2.75, 3.05) is 10.6 Å². The fourth-order valence-corrected chi connectivity index (χ4v) is 10.9. The number of aromatic hydroxyl groups is 2. The van der Waals surface area contributed by atoms with Crippen molar-refractivity contribution in [1.29, 1.82) is 0 Å². The van der Waals surface area contributed by atoms with Crippen molar-refractivity contribution in [2.24, 2.45) is 10.8 Å². The monoisotopic (exact) mass is 830 g/mol. The number of phenolic OH excluding ortho intramolecular Hbond substituents is 2. The summed E-state index contributed by atoms with van der Waals surface area (Å²) in [7, 11) is 0. The highest BCUT2D eigenvalue weighted by atomic mass is 32.2. The van der Waals surface area contributed by atoms with Crippen molar-refractivity contribution in [3.63, 3.8) is 0 Å². The average molecular weight is 831 g/mol. The molecular weight excluding hydrogens is 779 g/mol. The third-order valence-corrected chi connectivity index (χ3v) is 13.0. The van der Waals surface area contributed by atoms with E-state index in [4.69, 9.17) is 0 Å². The van der Waals surface area contributed by atoms with E-state index in [1.807, 2.05) is 24.3 Å². The van der Waals surface area contributed by atoms with Gasteiger partial charge in [-0.25, -0.2) is 0 Å². The van der Waals surface area contributed by atoms with Gasteiger partial charge < -0.3 is 20.8 Å². The molecule has 0 amide bonds. The Balaban J connectivity index is 1.47. The topological polar surface area (TPSA) is 64.5 Å². The van der Waals surface area contributed by atoms with Gasteiger partial charge in [-0.2, -0.15) is 26.3 Å². The zero-order valence-corrected chi connectivity index (χ0v) is 35.7. The van der Waals surface area contributed by atoms with Crippen LogP contribution in [-0.2, 0) is 29.6 Å². The molecule has 12 heteroatoms. The molecule has 4 N–H and O–H groups in total. The summed E-state index contributed by atoms with van der Waals surface area (Å²) in [5.41, 5.74) is 2.24. The number of hydrogen-bond donors (Lipinski definition) is 4. The fraction of sp³-hybridized carbons (Fsp3) is 0.467. The second-order valence-electron chi connectivity index (χ2n) is 19.3. The van der Waals surface area contributed by atoms with E-state index in [0.29, 0.717) is 43.4 Å². The fourth-order valence-electron chi connectivity index (χ4n) is 8.67. The van der Waals surface area contributed by atoms with E-state index in [1.54, 1.807) is 0 Å². The second-order valence-corrected chi connectivity index (χ2v) is 21.6. The maximum atomic E-state index is 13.6. The minimum absolute atomic E-state index is 0.0279. The predicted molar refractivity (Wildman–Crippen MR) is 221 cm³/mol. The highest BCUT2D eigenvalue weighted by Crippen LogP contribution is 2.54. The molecule has 2 heterocycles. The average Bonchev–Trinajstić information content (AvgIpc) is 3.67. The van der Waals surface area contributed by atoms with Gasteiger partial charge >= 0.3 is 12.4 Å². The molecule has 2 atom stereocenters. The Labute approximate surface area is 340 Å². The van der Waals surface area contributed by atoms with Gasteiger partial charge in [0.05, 0.1) is 11.1 Å². The number of thioether (sulfide) groups is 2. The van der Waals surface area contributed by atoms with E-state index in [-0.39, 0.29) is 39.6 Å². The van der Waals surface area contributed by atoms with Gasteiger partial charge in [-0.05, 0) is 105 Å². The van der Waals surface area contributed by atoms with Crippen LogP contribution < -0.4 is 10.6 Å². The molecule has 0 saturated heterocycles. The summed E-state index contributed by atoms with van der Waals surface area (Å²) in [6.07, 6.45) is -7.33. The lowest BCUT2D eigenvalue weighted by atomic mass is 9.71. The molecule has 57 heavy (non-hydrogen) atoms. The zero-order valence-electron chi connectivity index (χ0n) is 34.0. The van der Waals surface area contributed by atoms with Crippen molar-refractivity contribution in [2.45, 2.75) is 132 Å². The van der Waals surface area contributed by atoms with Gasteiger partial charge in [0.15, 0.2) is 0 Å². The number of benzene rings is 4. The lowest BCUT2D eigenvalue weighted by Crippen LogP contribution is -2.26. The van der Waals surface area contributed by atoms with Crippen LogP contribution in [0, 0.1) is 10.8 Å². The minimum atomic E-state index is -4.51. The van der Waals surface area contributed by atoms with Crippen LogP contribution in [0.4, 0.5) is 37.7 Å². The van der Waals surface area contributed by atoms with Gasteiger partial charge in [-0.15, -0.1) is 0 Å². The van der Waals surface area contributed by atoms with Gasteiger partial charge in [0.1, 0.15) is 22.2 Å². The van der Waals surface area contributed by atoms with Gasteiger partial charge in [0, 0.05) is 38.7 Å². The Hall–Kier alpha value is -3.64. The summed E-state index contributed by atoms with van der Waals surface area (Å²) >= 11 is 2.66. The summed E-state index contributed by atoms with van der Waals surface area (Å²) in [5, 5.41) is 29.5. The van der Waals surface area contributed by atoms with Crippen molar-refractivity contribution in [3.05, 3.63) is 105 Å². The van der Waals surface area contributed by atoms with Crippen LogP contribution in [0.25, 0.3) is 0 Å². The third kappa shape index (κ3) is 9.48. The van der Waals surface area contributed by atoms with Crippen LogP contribution in [0.2, 0.25) is 0 Å². The number of halogens is 6. The minimum Gasteiger partial charge on any atom is -0.507 e. The van der Waals surface area contributed by atoms with Gasteiger partial charge in [0.2, 0.25) is 0 Å². The molecule has 4 aromatic rings. The van der Waals surface area contributed by atoms with Crippen molar-refractivity contribution in [3.8, 4) is 11.5 Å². The first-order chi connectivity index (χ1) is 26.0. The van der Waals surface area contributed by atoms with E-state index in [0.717, 1.165) is 48.2 Å². The Morgan fingerprint density at radius 3 is 1.18 bits per heavy atom. The molecule has 0 radical (unpaired) electrons. The van der Waals surface area contributed by atoms with Crippen LogP contribution in [0.15, 0.2) is 70.5 Å². The molecule has 0 bridgehead atoms. The maximum absolute atomic E-state index is 13.6. The number of nitrogens with one attached hydrogen (secondary N) is 2. The molecule has 0 aromatic heterocycles. The molecule has 4 nitrogen and oxygen atoms in total. The molecule has 2 unspecified atom stereocenters. The standard InChI is InChI=1S/C45H52F6N2O2S2/c1-40(2,3)22-42(7,8)28-16-24(36(54)30(18-28)38-52-32-20-26(44(46,47)48)11-13-34(32)56-38)15-25-17-29(43(9,10)23-41(4,5)6)19-31(37(25)55)39-53-33-21-27(45(49,50)51)12-14-35(33)57-39/h11-14,16-21,38-39,52-55H,15,22-23H2,1-10H3. The number of rotatable bonds is 8. The molecule has 0 spiro atoms. The number of hydrogen-bond acceptors (Lipinski definition) is 6. The van der Waals surface area contributed by atoms with Crippen LogP contribution >= 0.6 is 23.5 Å². The third-order valence-electron chi connectivity index (χ3n) is 10.6. The Morgan fingerprint density at radius 2 is 0.860 bits per heavy atom. The summed E-state index contributed by atoms with van der Waals surface area (Å²) in [4.78, 5) is 1.27. The Morgan fingerprint density at radius 1 is 0.509 bits per heavy atom.